The second-order valence-electron chi connectivity index (χ2n) is 5.58. The second kappa shape index (κ2) is 6.72. The molecule has 0 aromatic carbocycles. The number of nitrogens with one attached hydrogen (secondary N) is 1. The number of nitrogens with zero attached hydrogens (tertiary/aromatic N) is 2. The zero-order chi connectivity index (χ0) is 15.5. The molecule has 1 heterocycles. The molecule has 1 fully saturated rings. The zero-order valence-corrected chi connectivity index (χ0v) is 13.3. The third kappa shape index (κ3) is 3.93. The molecule has 0 bridgehead atoms. The van der Waals surface area contributed by atoms with Gasteiger partial charge in [0, 0.05) is 32.4 Å². The molecule has 0 unspecified atom stereocenters. The van der Waals surface area contributed by atoms with Crippen molar-refractivity contribution in [2.45, 2.75) is 37.2 Å². The van der Waals surface area contributed by atoms with Crippen LogP contribution in [0.25, 0.3) is 0 Å². The number of aliphatic hydroxyl groups is 1. The fraction of sp³-hybridized carbons (Fsp3) is 0.643. The summed E-state index contributed by atoms with van der Waals surface area (Å²) in [7, 11) is -1.92. The van der Waals surface area contributed by atoms with Crippen LogP contribution in [0.4, 0.5) is 5.82 Å². The molecule has 6 nitrogen and oxygen atoms in total. The van der Waals surface area contributed by atoms with E-state index in [-0.39, 0.29) is 16.9 Å². The van der Waals surface area contributed by atoms with E-state index in [2.05, 4.69) is 10.3 Å². The van der Waals surface area contributed by atoms with Crippen molar-refractivity contribution in [2.24, 2.45) is 5.92 Å². The van der Waals surface area contributed by atoms with Gasteiger partial charge in [-0.25, -0.2) is 17.7 Å². The van der Waals surface area contributed by atoms with Crippen LogP contribution in [0.5, 0.6) is 0 Å². The van der Waals surface area contributed by atoms with Crippen LogP contribution in [-0.2, 0) is 10.0 Å². The number of hydrogen-bond acceptors (Lipinski definition) is 5. The number of aromatic nitrogens is 1. The maximum atomic E-state index is 12.5. The van der Waals surface area contributed by atoms with Crippen LogP contribution in [-0.4, -0.2) is 49.1 Å². The first-order valence-corrected chi connectivity index (χ1v) is 8.71. The predicted molar refractivity (Wildman–Crippen MR) is 81.6 cm³/mol. The van der Waals surface area contributed by atoms with Crippen LogP contribution < -0.4 is 5.32 Å². The van der Waals surface area contributed by atoms with Crippen molar-refractivity contribution in [2.75, 3.05) is 25.5 Å². The first-order valence-electron chi connectivity index (χ1n) is 7.27. The summed E-state index contributed by atoms with van der Waals surface area (Å²) in [5.74, 6) is 0.824. The minimum absolute atomic E-state index is 0.249. The maximum Gasteiger partial charge on any atom is 0.243 e. The quantitative estimate of drug-likeness (QED) is 0.793. The molecule has 0 radical (unpaired) electrons. The molecular formula is C14H23N3O3S. The van der Waals surface area contributed by atoms with Crippen LogP contribution >= 0.6 is 0 Å². The Labute approximate surface area is 126 Å². The summed E-state index contributed by atoms with van der Waals surface area (Å²) >= 11 is 0. The SMILES string of the molecule is CCCNc1cc(S(=O)(=O)N(C)CC2CC(O)C2)ccn1. The monoisotopic (exact) mass is 313 g/mol. The topological polar surface area (TPSA) is 82.5 Å². The number of rotatable bonds is 7. The Hall–Kier alpha value is -1.18. The normalized spacial score (nSPS) is 22.1. The lowest BCUT2D eigenvalue weighted by atomic mass is 9.82. The molecule has 1 saturated carbocycles. The van der Waals surface area contributed by atoms with Gasteiger partial charge in [-0.05, 0) is 31.2 Å². The summed E-state index contributed by atoms with van der Waals surface area (Å²) in [5, 5.41) is 12.4. The van der Waals surface area contributed by atoms with E-state index in [4.69, 9.17) is 0 Å². The largest absolute Gasteiger partial charge is 0.393 e. The van der Waals surface area contributed by atoms with Gasteiger partial charge >= 0.3 is 0 Å². The summed E-state index contributed by atoms with van der Waals surface area (Å²) in [6.07, 6.45) is 3.55. The van der Waals surface area contributed by atoms with Gasteiger partial charge in [0.05, 0.1) is 11.0 Å². The van der Waals surface area contributed by atoms with Crippen LogP contribution in [0.15, 0.2) is 23.2 Å². The highest BCUT2D eigenvalue weighted by atomic mass is 32.2. The predicted octanol–water partition coefficient (Wildman–Crippen LogP) is 1.29. The van der Waals surface area contributed by atoms with Gasteiger partial charge in [-0.2, -0.15) is 0 Å². The molecule has 2 N–H and O–H groups in total. The number of anilines is 1. The third-order valence-corrected chi connectivity index (χ3v) is 5.54. The lowest BCUT2D eigenvalue weighted by Crippen LogP contribution is -2.39. The first-order chi connectivity index (χ1) is 9.93. The van der Waals surface area contributed by atoms with Gasteiger partial charge in [-0.1, -0.05) is 6.92 Å². The Morgan fingerprint density at radius 1 is 1.48 bits per heavy atom. The molecular weight excluding hydrogens is 290 g/mol. The van der Waals surface area contributed by atoms with Crippen LogP contribution in [0.3, 0.4) is 0 Å². The standard InChI is InChI=1S/C14H23N3O3S/c1-3-5-15-14-9-13(4-6-16-14)21(19,20)17(2)10-11-7-12(18)8-11/h4,6,9,11-12,18H,3,5,7-8,10H2,1-2H3,(H,15,16). The fourth-order valence-electron chi connectivity index (χ4n) is 2.41. The van der Waals surface area contributed by atoms with Crippen LogP contribution in [0.1, 0.15) is 26.2 Å². The third-order valence-electron chi connectivity index (χ3n) is 3.72. The highest BCUT2D eigenvalue weighted by Gasteiger charge is 2.31. The van der Waals surface area contributed by atoms with Gasteiger partial charge in [-0.15, -0.1) is 0 Å². The number of sulfonamides is 1. The fourth-order valence-corrected chi connectivity index (χ4v) is 3.67. The van der Waals surface area contributed by atoms with Crippen molar-refractivity contribution in [3.8, 4) is 0 Å². The van der Waals surface area contributed by atoms with Crippen LogP contribution in [0, 0.1) is 5.92 Å². The molecule has 118 valence electrons. The summed E-state index contributed by atoms with van der Waals surface area (Å²) in [6, 6.07) is 3.08. The minimum Gasteiger partial charge on any atom is -0.393 e. The van der Waals surface area contributed by atoms with E-state index in [9.17, 15) is 13.5 Å². The van der Waals surface area contributed by atoms with E-state index in [0.717, 1.165) is 13.0 Å². The maximum absolute atomic E-state index is 12.5. The molecule has 0 aliphatic heterocycles. The lowest BCUT2D eigenvalue weighted by molar-refractivity contribution is 0.0367. The highest BCUT2D eigenvalue weighted by molar-refractivity contribution is 7.89. The summed E-state index contributed by atoms with van der Waals surface area (Å²) in [4.78, 5) is 4.37. The van der Waals surface area contributed by atoms with Crippen molar-refractivity contribution in [1.82, 2.24) is 9.29 Å². The Bertz CT molecular complexity index is 571. The van der Waals surface area contributed by atoms with Gasteiger partial charge in [0.1, 0.15) is 5.82 Å². The Morgan fingerprint density at radius 3 is 2.81 bits per heavy atom. The minimum atomic E-state index is -3.50. The molecule has 0 spiro atoms. The smallest absolute Gasteiger partial charge is 0.243 e. The van der Waals surface area contributed by atoms with E-state index in [1.807, 2.05) is 6.92 Å². The highest BCUT2D eigenvalue weighted by Crippen LogP contribution is 2.29. The van der Waals surface area contributed by atoms with Gasteiger partial charge in [0.15, 0.2) is 0 Å². The summed E-state index contributed by atoms with van der Waals surface area (Å²) in [6.45, 7) is 3.24. The van der Waals surface area contributed by atoms with E-state index in [0.29, 0.717) is 25.2 Å². The van der Waals surface area contributed by atoms with Gasteiger partial charge in [-0.3, -0.25) is 0 Å². The van der Waals surface area contributed by atoms with E-state index in [1.165, 1.54) is 16.6 Å². The molecule has 7 heteroatoms. The molecule has 0 amide bonds. The summed E-state index contributed by atoms with van der Waals surface area (Å²) in [5.41, 5.74) is 0. The Morgan fingerprint density at radius 2 is 2.19 bits per heavy atom. The Kier molecular flexibility index (Phi) is 5.18. The van der Waals surface area contributed by atoms with E-state index < -0.39 is 10.0 Å². The number of hydrogen-bond donors (Lipinski definition) is 2. The van der Waals surface area contributed by atoms with E-state index >= 15 is 0 Å². The van der Waals surface area contributed by atoms with Gasteiger partial charge < -0.3 is 10.4 Å². The van der Waals surface area contributed by atoms with Crippen molar-refractivity contribution in [3.05, 3.63) is 18.3 Å². The van der Waals surface area contributed by atoms with Crippen LogP contribution in [0.2, 0.25) is 0 Å². The molecule has 1 aliphatic rings. The lowest BCUT2D eigenvalue weighted by Gasteiger charge is -2.34. The van der Waals surface area contributed by atoms with Crippen molar-refractivity contribution in [1.29, 1.82) is 0 Å². The van der Waals surface area contributed by atoms with Crippen molar-refractivity contribution in [3.63, 3.8) is 0 Å². The van der Waals surface area contributed by atoms with Gasteiger partial charge in [0.25, 0.3) is 0 Å². The average Bonchev–Trinajstić information content (AvgIpc) is 2.43. The number of pyridine rings is 1. The summed E-state index contributed by atoms with van der Waals surface area (Å²) < 4.78 is 26.4. The average molecular weight is 313 g/mol. The first kappa shape index (κ1) is 16.2. The molecule has 0 atom stereocenters. The van der Waals surface area contributed by atoms with Gasteiger partial charge in [0.2, 0.25) is 10.0 Å². The zero-order valence-electron chi connectivity index (χ0n) is 12.5. The van der Waals surface area contributed by atoms with Crippen molar-refractivity contribution >= 4 is 15.8 Å². The molecule has 1 aromatic rings. The molecule has 2 rings (SSSR count). The Balaban J connectivity index is 2.07. The van der Waals surface area contributed by atoms with Crippen molar-refractivity contribution < 1.29 is 13.5 Å². The molecule has 1 aliphatic carbocycles. The number of aliphatic hydroxyl groups excluding tert-OH is 1. The van der Waals surface area contributed by atoms with E-state index in [1.54, 1.807) is 13.1 Å². The molecule has 0 saturated heterocycles. The molecule has 1 aromatic heterocycles. The second-order valence-corrected chi connectivity index (χ2v) is 7.63. The molecule has 21 heavy (non-hydrogen) atoms.